The Morgan fingerprint density at radius 3 is 2.55 bits per heavy atom. The number of benzene rings is 1. The monoisotopic (exact) mass is 314 g/mol. The Kier molecular flexibility index (Phi) is 5.11. The Bertz CT molecular complexity index is 504. The fourth-order valence-electron chi connectivity index (χ4n) is 2.98. The number of hydrogen-bond acceptors (Lipinski definition) is 2. The van der Waals surface area contributed by atoms with Crippen LogP contribution in [0.15, 0.2) is 30.3 Å². The molecule has 3 atom stereocenters. The maximum Gasteiger partial charge on any atom is 0.396 e. The topological polar surface area (TPSA) is 46.3 Å². The van der Waals surface area contributed by atoms with E-state index in [1.54, 1.807) is 18.2 Å². The Labute approximate surface area is 128 Å². The zero-order chi connectivity index (χ0) is 16.3. The lowest BCUT2D eigenvalue weighted by atomic mass is 9.92. The number of amides is 1. The fraction of sp³-hybridized carbons (Fsp3) is 0.562. The highest BCUT2D eigenvalue weighted by Crippen LogP contribution is 2.38. The molecule has 122 valence electrons. The van der Waals surface area contributed by atoms with Gasteiger partial charge < -0.3 is 10.6 Å². The molecule has 0 saturated carbocycles. The van der Waals surface area contributed by atoms with E-state index in [-0.39, 0.29) is 17.6 Å². The van der Waals surface area contributed by atoms with Crippen LogP contribution in [0.2, 0.25) is 0 Å². The van der Waals surface area contributed by atoms with Crippen molar-refractivity contribution < 1.29 is 18.0 Å². The van der Waals surface area contributed by atoms with Crippen molar-refractivity contribution in [3.05, 3.63) is 35.9 Å². The first-order chi connectivity index (χ1) is 10.3. The van der Waals surface area contributed by atoms with E-state index < -0.39 is 24.4 Å². The summed E-state index contributed by atoms with van der Waals surface area (Å²) < 4.78 is 39.9. The van der Waals surface area contributed by atoms with Gasteiger partial charge >= 0.3 is 6.18 Å². The lowest BCUT2D eigenvalue weighted by molar-refractivity contribution is -0.162. The second kappa shape index (κ2) is 6.69. The molecule has 22 heavy (non-hydrogen) atoms. The van der Waals surface area contributed by atoms with Crippen molar-refractivity contribution >= 4 is 5.91 Å². The average molecular weight is 314 g/mol. The van der Waals surface area contributed by atoms with E-state index in [0.717, 1.165) is 0 Å². The maximum atomic E-state index is 13.3. The van der Waals surface area contributed by atoms with Crippen LogP contribution in [0.3, 0.4) is 0 Å². The molecule has 0 radical (unpaired) electrons. The quantitative estimate of drug-likeness (QED) is 0.932. The summed E-state index contributed by atoms with van der Waals surface area (Å²) in [5.41, 5.74) is 5.96. The molecular formula is C16H21F3N2O. The Morgan fingerprint density at radius 2 is 2.00 bits per heavy atom. The molecule has 1 aromatic rings. The van der Waals surface area contributed by atoms with Gasteiger partial charge in [0.15, 0.2) is 0 Å². The number of likely N-dealkylation sites (tertiary alicyclic amines) is 1. The molecule has 1 saturated heterocycles. The van der Waals surface area contributed by atoms with E-state index in [9.17, 15) is 18.0 Å². The van der Waals surface area contributed by atoms with Gasteiger partial charge in [0.2, 0.25) is 5.91 Å². The van der Waals surface area contributed by atoms with Crippen LogP contribution in [0.25, 0.3) is 0 Å². The van der Waals surface area contributed by atoms with E-state index in [1.807, 2.05) is 6.92 Å². The molecule has 0 aromatic heterocycles. The van der Waals surface area contributed by atoms with Gasteiger partial charge in [-0.05, 0) is 25.3 Å². The van der Waals surface area contributed by atoms with Crippen LogP contribution in [0.4, 0.5) is 13.2 Å². The summed E-state index contributed by atoms with van der Waals surface area (Å²) in [6.45, 7) is 2.27. The molecular weight excluding hydrogens is 293 g/mol. The van der Waals surface area contributed by atoms with E-state index in [1.165, 1.54) is 17.0 Å². The highest BCUT2D eigenvalue weighted by molar-refractivity contribution is 5.77. The highest BCUT2D eigenvalue weighted by Gasteiger charge is 2.43. The third-order valence-corrected chi connectivity index (χ3v) is 4.21. The predicted octanol–water partition coefficient (Wildman–Crippen LogP) is 3.06. The number of carbonyl (C=O) groups is 1. The van der Waals surface area contributed by atoms with Gasteiger partial charge in [-0.1, -0.05) is 30.3 Å². The van der Waals surface area contributed by atoms with Gasteiger partial charge in [-0.2, -0.15) is 13.2 Å². The average Bonchev–Trinajstić information content (AvgIpc) is 2.44. The van der Waals surface area contributed by atoms with Gasteiger partial charge in [0.05, 0.1) is 5.92 Å². The minimum absolute atomic E-state index is 0.0200. The Balaban J connectivity index is 2.12. The zero-order valence-electron chi connectivity index (χ0n) is 12.5. The van der Waals surface area contributed by atoms with Crippen molar-refractivity contribution in [1.29, 1.82) is 0 Å². The van der Waals surface area contributed by atoms with Crippen molar-refractivity contribution in [1.82, 2.24) is 4.90 Å². The number of alkyl halides is 3. The second-order valence-electron chi connectivity index (χ2n) is 5.93. The summed E-state index contributed by atoms with van der Waals surface area (Å²) in [7, 11) is 0. The highest BCUT2D eigenvalue weighted by atomic mass is 19.4. The molecule has 0 spiro atoms. The van der Waals surface area contributed by atoms with E-state index in [4.69, 9.17) is 5.73 Å². The van der Waals surface area contributed by atoms with Crippen molar-refractivity contribution in [2.24, 2.45) is 5.73 Å². The van der Waals surface area contributed by atoms with Crippen LogP contribution in [-0.4, -0.2) is 35.6 Å². The van der Waals surface area contributed by atoms with E-state index in [2.05, 4.69) is 0 Å². The molecule has 0 aliphatic carbocycles. The molecule has 1 aliphatic rings. The van der Waals surface area contributed by atoms with Crippen molar-refractivity contribution in [3.8, 4) is 0 Å². The number of piperidine rings is 1. The molecule has 1 fully saturated rings. The van der Waals surface area contributed by atoms with Gasteiger partial charge in [-0.25, -0.2) is 0 Å². The lowest BCUT2D eigenvalue weighted by Crippen LogP contribution is -2.49. The van der Waals surface area contributed by atoms with Crippen LogP contribution in [0.1, 0.15) is 37.7 Å². The molecule has 1 aliphatic heterocycles. The summed E-state index contributed by atoms with van der Waals surface area (Å²) in [5, 5.41) is 0. The molecule has 6 heteroatoms. The molecule has 2 rings (SSSR count). The molecule has 1 heterocycles. The van der Waals surface area contributed by atoms with Crippen molar-refractivity contribution in [2.75, 3.05) is 6.54 Å². The fourth-order valence-corrected chi connectivity index (χ4v) is 2.98. The summed E-state index contributed by atoms with van der Waals surface area (Å²) in [6.07, 6.45) is -3.72. The van der Waals surface area contributed by atoms with Crippen LogP contribution in [0.5, 0.6) is 0 Å². The van der Waals surface area contributed by atoms with Crippen LogP contribution >= 0.6 is 0 Å². The maximum absolute atomic E-state index is 13.3. The number of nitrogens with zero attached hydrogens (tertiary/aromatic N) is 1. The molecule has 0 bridgehead atoms. The van der Waals surface area contributed by atoms with Crippen molar-refractivity contribution in [3.63, 3.8) is 0 Å². The van der Waals surface area contributed by atoms with Crippen LogP contribution in [-0.2, 0) is 4.79 Å². The first-order valence-corrected chi connectivity index (χ1v) is 7.45. The first-order valence-electron chi connectivity index (χ1n) is 7.45. The summed E-state index contributed by atoms with van der Waals surface area (Å²) in [6, 6.07) is 7.52. The van der Waals surface area contributed by atoms with Gasteiger partial charge in [0, 0.05) is 25.0 Å². The number of rotatable bonds is 3. The summed E-state index contributed by atoms with van der Waals surface area (Å²) in [4.78, 5) is 13.9. The van der Waals surface area contributed by atoms with E-state index in [0.29, 0.717) is 19.4 Å². The van der Waals surface area contributed by atoms with Crippen LogP contribution in [0, 0.1) is 0 Å². The first kappa shape index (κ1) is 16.8. The molecule has 2 N–H and O–H groups in total. The van der Waals surface area contributed by atoms with E-state index >= 15 is 0 Å². The molecule has 1 aromatic carbocycles. The number of nitrogens with two attached hydrogens (primary N) is 1. The van der Waals surface area contributed by atoms with Crippen molar-refractivity contribution in [2.45, 2.75) is 50.4 Å². The normalized spacial score (nSPS) is 24.1. The Hall–Kier alpha value is -1.56. The standard InChI is InChI=1S/C16H21F3N2O/c1-11-9-13(20)7-8-21(11)15(22)10-14(16(17,18)19)12-5-3-2-4-6-12/h2-6,11,13-14H,7-10,20H2,1H3/t11-,13+,14-/m1/s1. The largest absolute Gasteiger partial charge is 0.396 e. The van der Waals surface area contributed by atoms with Gasteiger partial charge in [0.25, 0.3) is 0 Å². The summed E-state index contributed by atoms with van der Waals surface area (Å²) >= 11 is 0. The zero-order valence-corrected chi connectivity index (χ0v) is 12.5. The Morgan fingerprint density at radius 1 is 1.36 bits per heavy atom. The van der Waals surface area contributed by atoms with Gasteiger partial charge in [-0.3, -0.25) is 4.79 Å². The predicted molar refractivity (Wildman–Crippen MR) is 78.2 cm³/mol. The third kappa shape index (κ3) is 4.00. The number of carbonyl (C=O) groups excluding carboxylic acids is 1. The lowest BCUT2D eigenvalue weighted by Gasteiger charge is -2.37. The van der Waals surface area contributed by atoms with Gasteiger partial charge in [0.1, 0.15) is 0 Å². The number of halogens is 3. The minimum atomic E-state index is -4.44. The minimum Gasteiger partial charge on any atom is -0.340 e. The molecule has 0 unspecified atom stereocenters. The molecule has 1 amide bonds. The SMILES string of the molecule is C[C@@H]1C[C@@H](N)CCN1C(=O)C[C@H](c1ccccc1)C(F)(F)F. The third-order valence-electron chi connectivity index (χ3n) is 4.21. The van der Waals surface area contributed by atoms with Gasteiger partial charge in [-0.15, -0.1) is 0 Å². The summed E-state index contributed by atoms with van der Waals surface area (Å²) in [5.74, 6) is -2.21. The number of hydrogen-bond donors (Lipinski definition) is 1. The smallest absolute Gasteiger partial charge is 0.340 e. The second-order valence-corrected chi connectivity index (χ2v) is 5.93. The molecule has 3 nitrogen and oxygen atoms in total. The van der Waals surface area contributed by atoms with Crippen LogP contribution < -0.4 is 5.73 Å².